The SMILES string of the molecule is CC1CN2CCCC2CN1CCCCCS. The van der Waals surface area contributed by atoms with Crippen molar-refractivity contribution in [1.82, 2.24) is 9.80 Å². The van der Waals surface area contributed by atoms with Crippen LogP contribution < -0.4 is 0 Å². The van der Waals surface area contributed by atoms with Gasteiger partial charge in [0.25, 0.3) is 0 Å². The lowest BCUT2D eigenvalue weighted by atomic mass is 10.1. The quantitative estimate of drug-likeness (QED) is 0.583. The number of unbranched alkanes of at least 4 members (excludes halogenated alkanes) is 2. The molecule has 2 fully saturated rings. The molecule has 94 valence electrons. The van der Waals surface area contributed by atoms with Gasteiger partial charge in [-0.2, -0.15) is 12.6 Å². The van der Waals surface area contributed by atoms with E-state index < -0.39 is 0 Å². The van der Waals surface area contributed by atoms with Gasteiger partial charge < -0.3 is 0 Å². The van der Waals surface area contributed by atoms with Crippen molar-refractivity contribution in [3.05, 3.63) is 0 Å². The molecule has 3 heteroatoms. The maximum atomic E-state index is 4.27. The first-order valence-corrected chi connectivity index (χ1v) is 7.53. The molecule has 2 aliphatic heterocycles. The third-order valence-electron chi connectivity index (χ3n) is 4.17. The number of nitrogens with zero attached hydrogens (tertiary/aromatic N) is 2. The van der Waals surface area contributed by atoms with Crippen LogP contribution in [-0.4, -0.2) is 53.8 Å². The van der Waals surface area contributed by atoms with E-state index in [1.54, 1.807) is 0 Å². The first-order chi connectivity index (χ1) is 7.81. The fraction of sp³-hybridized carbons (Fsp3) is 1.00. The van der Waals surface area contributed by atoms with Crippen LogP contribution in [-0.2, 0) is 0 Å². The summed E-state index contributed by atoms with van der Waals surface area (Å²) in [5.74, 6) is 1.05. The second-order valence-electron chi connectivity index (χ2n) is 5.42. The Hall–Kier alpha value is 0.270. The van der Waals surface area contributed by atoms with Gasteiger partial charge in [-0.05, 0) is 51.4 Å². The molecule has 0 amide bonds. The van der Waals surface area contributed by atoms with Gasteiger partial charge in [-0.25, -0.2) is 0 Å². The zero-order chi connectivity index (χ0) is 11.4. The predicted octanol–water partition coefficient (Wildman–Crippen LogP) is 2.26. The summed E-state index contributed by atoms with van der Waals surface area (Å²) >= 11 is 4.27. The normalized spacial score (nSPS) is 31.9. The predicted molar refractivity (Wildman–Crippen MR) is 73.3 cm³/mol. The van der Waals surface area contributed by atoms with Gasteiger partial charge in [-0.3, -0.25) is 9.80 Å². The van der Waals surface area contributed by atoms with Crippen LogP contribution in [0.3, 0.4) is 0 Å². The first-order valence-electron chi connectivity index (χ1n) is 6.90. The van der Waals surface area contributed by atoms with Crippen LogP contribution in [0.5, 0.6) is 0 Å². The molecule has 16 heavy (non-hydrogen) atoms. The highest BCUT2D eigenvalue weighted by Gasteiger charge is 2.33. The fourth-order valence-corrected chi connectivity index (χ4v) is 3.39. The van der Waals surface area contributed by atoms with E-state index in [0.717, 1.165) is 17.8 Å². The van der Waals surface area contributed by atoms with Crippen LogP contribution in [0, 0.1) is 0 Å². The van der Waals surface area contributed by atoms with Crippen molar-refractivity contribution in [2.75, 3.05) is 31.9 Å². The number of hydrogen-bond donors (Lipinski definition) is 1. The summed E-state index contributed by atoms with van der Waals surface area (Å²) in [5.41, 5.74) is 0. The molecule has 0 aliphatic carbocycles. The Kier molecular flexibility index (Phi) is 4.98. The molecule has 2 aliphatic rings. The van der Waals surface area contributed by atoms with Crippen LogP contribution in [0.2, 0.25) is 0 Å². The molecule has 0 saturated carbocycles. The van der Waals surface area contributed by atoms with Crippen LogP contribution >= 0.6 is 12.6 Å². The van der Waals surface area contributed by atoms with E-state index in [0.29, 0.717) is 0 Å². The molecule has 2 atom stereocenters. The van der Waals surface area contributed by atoms with Crippen molar-refractivity contribution in [1.29, 1.82) is 0 Å². The highest BCUT2D eigenvalue weighted by molar-refractivity contribution is 7.80. The van der Waals surface area contributed by atoms with Crippen LogP contribution in [0.25, 0.3) is 0 Å². The van der Waals surface area contributed by atoms with Gasteiger partial charge in [-0.15, -0.1) is 0 Å². The van der Waals surface area contributed by atoms with Crippen LogP contribution in [0.4, 0.5) is 0 Å². The molecule has 2 nitrogen and oxygen atoms in total. The van der Waals surface area contributed by atoms with Crippen molar-refractivity contribution in [3.8, 4) is 0 Å². The van der Waals surface area contributed by atoms with Crippen molar-refractivity contribution >= 4 is 12.6 Å². The van der Waals surface area contributed by atoms with Gasteiger partial charge in [0, 0.05) is 25.2 Å². The van der Waals surface area contributed by atoms with Crippen molar-refractivity contribution < 1.29 is 0 Å². The van der Waals surface area contributed by atoms with E-state index in [1.165, 1.54) is 58.3 Å². The molecule has 0 N–H and O–H groups in total. The number of hydrogen-bond acceptors (Lipinski definition) is 3. The minimum atomic E-state index is 0.769. The summed E-state index contributed by atoms with van der Waals surface area (Å²) in [6.45, 7) is 7.67. The van der Waals surface area contributed by atoms with Crippen molar-refractivity contribution in [2.24, 2.45) is 0 Å². The number of fused-ring (bicyclic) bond motifs is 1. The summed E-state index contributed by atoms with van der Waals surface area (Å²) in [6, 6.07) is 1.64. The second kappa shape index (κ2) is 6.27. The highest BCUT2D eigenvalue weighted by Crippen LogP contribution is 2.24. The minimum absolute atomic E-state index is 0.769. The van der Waals surface area contributed by atoms with E-state index in [2.05, 4.69) is 29.4 Å². The zero-order valence-electron chi connectivity index (χ0n) is 10.6. The van der Waals surface area contributed by atoms with Crippen LogP contribution in [0.1, 0.15) is 39.0 Å². The summed E-state index contributed by atoms with van der Waals surface area (Å²) < 4.78 is 0. The summed E-state index contributed by atoms with van der Waals surface area (Å²) in [7, 11) is 0. The van der Waals surface area contributed by atoms with E-state index in [1.807, 2.05) is 0 Å². The second-order valence-corrected chi connectivity index (χ2v) is 5.87. The van der Waals surface area contributed by atoms with E-state index >= 15 is 0 Å². The van der Waals surface area contributed by atoms with Crippen LogP contribution in [0.15, 0.2) is 0 Å². The minimum Gasteiger partial charge on any atom is -0.298 e. The number of thiol groups is 1. The maximum absolute atomic E-state index is 4.27. The fourth-order valence-electron chi connectivity index (χ4n) is 3.16. The Balaban J connectivity index is 1.72. The lowest BCUT2D eigenvalue weighted by molar-refractivity contribution is 0.0584. The van der Waals surface area contributed by atoms with E-state index in [4.69, 9.17) is 0 Å². The molecular formula is C13H26N2S. The Labute approximate surface area is 106 Å². The third kappa shape index (κ3) is 3.14. The molecule has 0 aromatic heterocycles. The molecule has 2 rings (SSSR count). The van der Waals surface area contributed by atoms with Gasteiger partial charge >= 0.3 is 0 Å². The average Bonchev–Trinajstić information content (AvgIpc) is 2.71. The Bertz CT molecular complexity index is 210. The third-order valence-corrected chi connectivity index (χ3v) is 4.49. The molecule has 0 aromatic carbocycles. The lowest BCUT2D eigenvalue weighted by Crippen LogP contribution is -2.54. The van der Waals surface area contributed by atoms with Gasteiger partial charge in [0.1, 0.15) is 0 Å². The maximum Gasteiger partial charge on any atom is 0.0224 e. The van der Waals surface area contributed by atoms with Gasteiger partial charge in [0.05, 0.1) is 0 Å². The first kappa shape index (κ1) is 12.7. The molecule has 2 heterocycles. The van der Waals surface area contributed by atoms with Gasteiger partial charge in [0.15, 0.2) is 0 Å². The lowest BCUT2D eigenvalue weighted by Gasteiger charge is -2.42. The van der Waals surface area contributed by atoms with Crippen molar-refractivity contribution in [3.63, 3.8) is 0 Å². The molecule has 0 bridgehead atoms. The Morgan fingerprint density at radius 1 is 1.19 bits per heavy atom. The molecule has 2 saturated heterocycles. The summed E-state index contributed by atoms with van der Waals surface area (Å²) in [5, 5.41) is 0. The highest BCUT2D eigenvalue weighted by atomic mass is 32.1. The largest absolute Gasteiger partial charge is 0.298 e. The van der Waals surface area contributed by atoms with E-state index in [-0.39, 0.29) is 0 Å². The average molecular weight is 242 g/mol. The molecule has 2 unspecified atom stereocenters. The Morgan fingerprint density at radius 3 is 2.88 bits per heavy atom. The Morgan fingerprint density at radius 2 is 2.06 bits per heavy atom. The van der Waals surface area contributed by atoms with E-state index in [9.17, 15) is 0 Å². The topological polar surface area (TPSA) is 6.48 Å². The summed E-state index contributed by atoms with van der Waals surface area (Å²) in [4.78, 5) is 5.42. The van der Waals surface area contributed by atoms with Gasteiger partial charge in [0.2, 0.25) is 0 Å². The monoisotopic (exact) mass is 242 g/mol. The molecular weight excluding hydrogens is 216 g/mol. The molecule has 0 spiro atoms. The smallest absolute Gasteiger partial charge is 0.0224 e. The van der Waals surface area contributed by atoms with Crippen molar-refractivity contribution in [2.45, 2.75) is 51.1 Å². The molecule has 0 radical (unpaired) electrons. The standard InChI is InChI=1S/C13H26N2S/c1-12-10-15-8-5-6-13(15)11-14(12)7-3-2-4-9-16/h12-13,16H,2-11H2,1H3. The van der Waals surface area contributed by atoms with Gasteiger partial charge in [-0.1, -0.05) is 6.42 Å². The summed E-state index contributed by atoms with van der Waals surface area (Å²) in [6.07, 6.45) is 6.84. The zero-order valence-corrected chi connectivity index (χ0v) is 11.5. The number of piperazine rings is 1. The molecule has 0 aromatic rings. The number of rotatable bonds is 5.